The van der Waals surface area contributed by atoms with Crippen molar-refractivity contribution in [2.45, 2.75) is 49.8 Å². The van der Waals surface area contributed by atoms with Crippen molar-refractivity contribution in [2.75, 3.05) is 18.2 Å². The molecule has 0 aromatic rings. The minimum absolute atomic E-state index is 0.165. The molecule has 2 aliphatic heterocycles. The molecule has 0 N–H and O–H groups in total. The summed E-state index contributed by atoms with van der Waals surface area (Å²) < 4.78 is -0.165. The highest BCUT2D eigenvalue weighted by Crippen LogP contribution is 2.40. The molecule has 2 heterocycles. The third-order valence-electron chi connectivity index (χ3n) is 3.74. The summed E-state index contributed by atoms with van der Waals surface area (Å²) in [6.07, 6.45) is 5.63. The molecule has 1 amide bonds. The molecule has 2 atom stereocenters. The summed E-state index contributed by atoms with van der Waals surface area (Å²) in [7, 11) is 0. The number of carbonyl (C=O) groups excluding carboxylic acids is 1. The number of amides is 1. The second-order valence-corrected chi connectivity index (χ2v) is 6.89. The van der Waals surface area contributed by atoms with Crippen LogP contribution in [0.2, 0.25) is 0 Å². The van der Waals surface area contributed by atoms with E-state index in [4.69, 9.17) is 11.6 Å². The molecule has 0 aromatic heterocycles. The van der Waals surface area contributed by atoms with Crippen LogP contribution in [0, 0.1) is 0 Å². The molecule has 4 heteroatoms. The number of halogens is 1. The zero-order valence-corrected chi connectivity index (χ0v) is 11.4. The predicted molar refractivity (Wildman–Crippen MR) is 70.2 cm³/mol. The zero-order valence-electron chi connectivity index (χ0n) is 9.88. The Balaban J connectivity index is 2.07. The number of thioether (sulfide) groups is 1. The molecule has 0 aliphatic carbocycles. The van der Waals surface area contributed by atoms with E-state index >= 15 is 0 Å². The fraction of sp³-hybridized carbons (Fsp3) is 0.917. The van der Waals surface area contributed by atoms with Gasteiger partial charge in [0.05, 0.1) is 4.75 Å². The molecule has 0 radical (unpaired) electrons. The van der Waals surface area contributed by atoms with E-state index in [0.29, 0.717) is 11.8 Å². The van der Waals surface area contributed by atoms with E-state index in [-0.39, 0.29) is 10.8 Å². The molecule has 0 bridgehead atoms. The first kappa shape index (κ1) is 12.6. The third kappa shape index (κ3) is 2.35. The van der Waals surface area contributed by atoms with E-state index in [1.54, 1.807) is 0 Å². The molecule has 16 heavy (non-hydrogen) atoms. The van der Waals surface area contributed by atoms with Crippen LogP contribution >= 0.6 is 23.4 Å². The van der Waals surface area contributed by atoms with Crippen molar-refractivity contribution >= 4 is 29.3 Å². The highest BCUT2D eigenvalue weighted by Gasteiger charge is 2.42. The Labute approximate surface area is 107 Å². The normalized spacial score (nSPS) is 35.4. The summed E-state index contributed by atoms with van der Waals surface area (Å²) in [5.41, 5.74) is 0. The summed E-state index contributed by atoms with van der Waals surface area (Å²) in [5.74, 6) is 2.05. The SMILES string of the molecule is CC1(C(=O)N2CCCCC2CCl)CCCS1. The zero-order chi connectivity index (χ0) is 11.6. The summed E-state index contributed by atoms with van der Waals surface area (Å²) in [6, 6.07) is 0.279. The van der Waals surface area contributed by atoms with Gasteiger partial charge in [0.25, 0.3) is 0 Å². The van der Waals surface area contributed by atoms with Gasteiger partial charge < -0.3 is 4.90 Å². The number of hydrogen-bond acceptors (Lipinski definition) is 2. The quantitative estimate of drug-likeness (QED) is 0.713. The van der Waals surface area contributed by atoms with E-state index in [1.807, 2.05) is 11.8 Å². The molecule has 0 aromatic carbocycles. The molecule has 2 nitrogen and oxygen atoms in total. The first-order valence-electron chi connectivity index (χ1n) is 6.18. The number of carbonyl (C=O) groups is 1. The summed E-state index contributed by atoms with van der Waals surface area (Å²) in [4.78, 5) is 14.6. The van der Waals surface area contributed by atoms with Gasteiger partial charge in [-0.2, -0.15) is 0 Å². The van der Waals surface area contributed by atoms with Gasteiger partial charge in [0.2, 0.25) is 5.91 Å². The highest BCUT2D eigenvalue weighted by atomic mass is 35.5. The minimum atomic E-state index is -0.165. The van der Waals surface area contributed by atoms with Crippen LogP contribution < -0.4 is 0 Å². The van der Waals surface area contributed by atoms with Crippen molar-refractivity contribution in [2.24, 2.45) is 0 Å². The number of piperidine rings is 1. The average Bonchev–Trinajstić information content (AvgIpc) is 2.76. The van der Waals surface area contributed by atoms with Crippen LogP contribution in [0.5, 0.6) is 0 Å². The molecule has 2 aliphatic rings. The molecular formula is C12H20ClNOS. The van der Waals surface area contributed by atoms with E-state index in [9.17, 15) is 4.79 Å². The molecule has 0 spiro atoms. The molecule has 2 unspecified atom stereocenters. The first-order valence-corrected chi connectivity index (χ1v) is 7.70. The monoisotopic (exact) mass is 261 g/mol. The van der Waals surface area contributed by atoms with Crippen molar-refractivity contribution in [3.05, 3.63) is 0 Å². The van der Waals surface area contributed by atoms with E-state index in [2.05, 4.69) is 11.8 Å². The average molecular weight is 262 g/mol. The Morgan fingerprint density at radius 1 is 1.50 bits per heavy atom. The fourth-order valence-corrected chi connectivity index (χ4v) is 4.27. The van der Waals surface area contributed by atoms with Crippen molar-refractivity contribution in [3.8, 4) is 0 Å². The number of nitrogens with zero attached hydrogens (tertiary/aromatic N) is 1. The van der Waals surface area contributed by atoms with Crippen LogP contribution in [0.25, 0.3) is 0 Å². The topological polar surface area (TPSA) is 20.3 Å². The molecular weight excluding hydrogens is 242 g/mol. The Morgan fingerprint density at radius 2 is 2.31 bits per heavy atom. The summed E-state index contributed by atoms with van der Waals surface area (Å²) in [6.45, 7) is 3.01. The summed E-state index contributed by atoms with van der Waals surface area (Å²) >= 11 is 7.80. The Morgan fingerprint density at radius 3 is 2.94 bits per heavy atom. The van der Waals surface area contributed by atoms with E-state index in [1.165, 1.54) is 12.8 Å². The van der Waals surface area contributed by atoms with Crippen LogP contribution in [0.15, 0.2) is 0 Å². The molecule has 0 saturated carbocycles. The number of alkyl halides is 1. The second-order valence-electron chi connectivity index (χ2n) is 4.99. The van der Waals surface area contributed by atoms with E-state index in [0.717, 1.165) is 31.6 Å². The van der Waals surface area contributed by atoms with Crippen molar-refractivity contribution in [1.29, 1.82) is 0 Å². The Hall–Kier alpha value is 0.110. The molecule has 2 fully saturated rings. The van der Waals surface area contributed by atoms with Crippen LogP contribution in [0.3, 0.4) is 0 Å². The van der Waals surface area contributed by atoms with E-state index < -0.39 is 0 Å². The Bertz CT molecular complexity index is 266. The van der Waals surface area contributed by atoms with Gasteiger partial charge in [0, 0.05) is 18.5 Å². The van der Waals surface area contributed by atoms with Crippen LogP contribution in [-0.2, 0) is 4.79 Å². The lowest BCUT2D eigenvalue weighted by atomic mass is 9.98. The molecule has 92 valence electrons. The molecule has 2 saturated heterocycles. The number of rotatable bonds is 2. The second kappa shape index (κ2) is 5.18. The summed E-state index contributed by atoms with van der Waals surface area (Å²) in [5, 5.41) is 0. The maximum Gasteiger partial charge on any atom is 0.238 e. The number of likely N-dealkylation sites (tertiary alicyclic amines) is 1. The highest BCUT2D eigenvalue weighted by molar-refractivity contribution is 8.01. The maximum absolute atomic E-state index is 12.5. The van der Waals surface area contributed by atoms with Gasteiger partial charge in [-0.1, -0.05) is 0 Å². The van der Waals surface area contributed by atoms with Crippen molar-refractivity contribution in [3.63, 3.8) is 0 Å². The fourth-order valence-electron chi connectivity index (χ4n) is 2.68. The predicted octanol–water partition coefficient (Wildman–Crippen LogP) is 2.89. The Kier molecular flexibility index (Phi) is 4.06. The van der Waals surface area contributed by atoms with Gasteiger partial charge in [-0.3, -0.25) is 4.79 Å². The number of hydrogen-bond donors (Lipinski definition) is 0. The van der Waals surface area contributed by atoms with Gasteiger partial charge in [-0.25, -0.2) is 0 Å². The van der Waals surface area contributed by atoms with Crippen LogP contribution in [0.4, 0.5) is 0 Å². The van der Waals surface area contributed by atoms with Gasteiger partial charge in [0.15, 0.2) is 0 Å². The van der Waals surface area contributed by atoms with Gasteiger partial charge in [0.1, 0.15) is 0 Å². The molecule has 2 rings (SSSR count). The van der Waals surface area contributed by atoms with Gasteiger partial charge in [-0.05, 0) is 44.8 Å². The maximum atomic E-state index is 12.5. The largest absolute Gasteiger partial charge is 0.337 e. The van der Waals surface area contributed by atoms with Gasteiger partial charge >= 0.3 is 0 Å². The van der Waals surface area contributed by atoms with Crippen molar-refractivity contribution in [1.82, 2.24) is 4.90 Å². The standard InChI is InChI=1S/C12H20ClNOS/c1-12(6-4-8-16-12)11(15)14-7-3-2-5-10(14)9-13/h10H,2-9H2,1H3. The third-order valence-corrected chi connectivity index (χ3v) is 5.60. The lowest BCUT2D eigenvalue weighted by Gasteiger charge is -2.39. The van der Waals surface area contributed by atoms with Crippen molar-refractivity contribution < 1.29 is 4.79 Å². The first-order chi connectivity index (χ1) is 7.67. The lowest BCUT2D eigenvalue weighted by molar-refractivity contribution is -0.136. The lowest BCUT2D eigenvalue weighted by Crippen LogP contribution is -2.51. The van der Waals surface area contributed by atoms with Crippen LogP contribution in [-0.4, -0.2) is 39.8 Å². The van der Waals surface area contributed by atoms with Gasteiger partial charge in [-0.15, -0.1) is 23.4 Å². The smallest absolute Gasteiger partial charge is 0.238 e. The minimum Gasteiger partial charge on any atom is -0.337 e. The van der Waals surface area contributed by atoms with Crippen LogP contribution in [0.1, 0.15) is 39.0 Å².